The Labute approximate surface area is 161 Å². The molecule has 1 unspecified atom stereocenters. The second-order valence-electron chi connectivity index (χ2n) is 7.61. The first-order valence-corrected chi connectivity index (χ1v) is 9.55. The van der Waals surface area contributed by atoms with Crippen LogP contribution in [0.15, 0.2) is 30.5 Å². The Balaban J connectivity index is 1.82. The molecule has 0 bridgehead atoms. The summed E-state index contributed by atoms with van der Waals surface area (Å²) in [6.45, 7) is 7.87. The summed E-state index contributed by atoms with van der Waals surface area (Å²) >= 11 is 1.32. The predicted octanol–water partition coefficient (Wildman–Crippen LogP) is 3.66. The Morgan fingerprint density at radius 1 is 1.30 bits per heavy atom. The van der Waals surface area contributed by atoms with Gasteiger partial charge in [0.2, 0.25) is 0 Å². The van der Waals surface area contributed by atoms with Crippen molar-refractivity contribution in [3.63, 3.8) is 0 Å². The molecule has 3 N–H and O–H groups in total. The molecule has 0 fully saturated rings. The van der Waals surface area contributed by atoms with Gasteiger partial charge in [0, 0.05) is 28.9 Å². The van der Waals surface area contributed by atoms with Gasteiger partial charge in [0.1, 0.15) is 10.9 Å². The molecule has 6 nitrogen and oxygen atoms in total. The molecule has 27 heavy (non-hydrogen) atoms. The lowest BCUT2D eigenvalue weighted by molar-refractivity contribution is -0.139. The van der Waals surface area contributed by atoms with E-state index < -0.39 is 17.9 Å². The van der Waals surface area contributed by atoms with Crippen LogP contribution in [0.25, 0.3) is 10.9 Å². The molecule has 0 aliphatic carbocycles. The smallest absolute Gasteiger partial charge is 0.326 e. The summed E-state index contributed by atoms with van der Waals surface area (Å²) < 4.78 is 0. The van der Waals surface area contributed by atoms with Gasteiger partial charge in [-0.2, -0.15) is 0 Å². The van der Waals surface area contributed by atoms with Crippen molar-refractivity contribution >= 4 is 34.1 Å². The number of hydrogen-bond acceptors (Lipinski definition) is 4. The number of thiazole rings is 1. The van der Waals surface area contributed by atoms with Crippen LogP contribution in [0.3, 0.4) is 0 Å². The summed E-state index contributed by atoms with van der Waals surface area (Å²) in [6.07, 6.45) is 2.00. The standard InChI is InChI=1S/C20H23N3O3S/c1-11-16(27-19(22-11)20(2,3)4)17(24)23-15(18(25)26)9-12-10-21-14-8-6-5-7-13(12)14/h5-8,10,15,21H,9H2,1-4H3,(H,23,24)(H,25,26). The molecular weight excluding hydrogens is 362 g/mol. The number of rotatable bonds is 5. The van der Waals surface area contributed by atoms with Crippen molar-refractivity contribution < 1.29 is 14.7 Å². The van der Waals surface area contributed by atoms with Crippen LogP contribution in [0.5, 0.6) is 0 Å². The molecule has 3 aromatic rings. The molecule has 1 atom stereocenters. The lowest BCUT2D eigenvalue weighted by atomic mass is 9.98. The molecule has 2 aromatic heterocycles. The Morgan fingerprint density at radius 3 is 2.63 bits per heavy atom. The number of carbonyl (C=O) groups is 2. The van der Waals surface area contributed by atoms with E-state index in [-0.39, 0.29) is 11.8 Å². The maximum absolute atomic E-state index is 12.7. The number of carbonyl (C=O) groups excluding carboxylic acids is 1. The van der Waals surface area contributed by atoms with Crippen LogP contribution in [0.2, 0.25) is 0 Å². The van der Waals surface area contributed by atoms with Crippen molar-refractivity contribution in [2.75, 3.05) is 0 Å². The average molecular weight is 385 g/mol. The second-order valence-corrected chi connectivity index (χ2v) is 8.61. The molecule has 0 radical (unpaired) electrons. The minimum absolute atomic E-state index is 0.163. The fourth-order valence-electron chi connectivity index (χ4n) is 2.87. The molecule has 1 amide bonds. The van der Waals surface area contributed by atoms with Crippen molar-refractivity contribution in [3.05, 3.63) is 51.6 Å². The minimum atomic E-state index is -1.06. The third-order valence-electron chi connectivity index (χ3n) is 4.35. The highest BCUT2D eigenvalue weighted by molar-refractivity contribution is 7.14. The number of aryl methyl sites for hydroxylation is 1. The van der Waals surface area contributed by atoms with Crippen LogP contribution in [-0.4, -0.2) is 33.0 Å². The van der Waals surface area contributed by atoms with Gasteiger partial charge in [0.25, 0.3) is 5.91 Å². The van der Waals surface area contributed by atoms with Gasteiger partial charge < -0.3 is 15.4 Å². The number of aromatic amines is 1. The predicted molar refractivity (Wildman–Crippen MR) is 106 cm³/mol. The summed E-state index contributed by atoms with van der Waals surface area (Å²) in [5.74, 6) is -1.46. The zero-order valence-electron chi connectivity index (χ0n) is 15.8. The van der Waals surface area contributed by atoms with E-state index in [0.29, 0.717) is 10.6 Å². The molecule has 0 saturated heterocycles. The third-order valence-corrected chi connectivity index (χ3v) is 5.93. The lowest BCUT2D eigenvalue weighted by Gasteiger charge is -2.14. The van der Waals surface area contributed by atoms with Crippen molar-refractivity contribution in [3.8, 4) is 0 Å². The van der Waals surface area contributed by atoms with Crippen LogP contribution in [0.4, 0.5) is 0 Å². The average Bonchev–Trinajstić information content (AvgIpc) is 3.18. The number of hydrogen-bond donors (Lipinski definition) is 3. The van der Waals surface area contributed by atoms with E-state index in [1.165, 1.54) is 11.3 Å². The highest BCUT2D eigenvalue weighted by Crippen LogP contribution is 2.29. The zero-order chi connectivity index (χ0) is 19.8. The number of fused-ring (bicyclic) bond motifs is 1. The quantitative estimate of drug-likeness (QED) is 0.625. The summed E-state index contributed by atoms with van der Waals surface area (Å²) in [5, 5.41) is 14.1. The SMILES string of the molecule is Cc1nc(C(C)(C)C)sc1C(=O)NC(Cc1c[nH]c2ccccc12)C(=O)O. The molecular formula is C20H23N3O3S. The highest BCUT2D eigenvalue weighted by Gasteiger charge is 2.27. The van der Waals surface area contributed by atoms with E-state index in [1.54, 1.807) is 13.1 Å². The maximum atomic E-state index is 12.7. The number of H-pyrrole nitrogens is 1. The van der Waals surface area contributed by atoms with E-state index >= 15 is 0 Å². The molecule has 7 heteroatoms. The van der Waals surface area contributed by atoms with Gasteiger partial charge in [-0.1, -0.05) is 39.0 Å². The van der Waals surface area contributed by atoms with Gasteiger partial charge in [0.15, 0.2) is 0 Å². The van der Waals surface area contributed by atoms with Gasteiger partial charge in [0.05, 0.1) is 10.7 Å². The van der Waals surface area contributed by atoms with Crippen molar-refractivity contribution in [1.29, 1.82) is 0 Å². The number of carboxylic acids is 1. The van der Waals surface area contributed by atoms with Gasteiger partial charge in [-0.15, -0.1) is 11.3 Å². The van der Waals surface area contributed by atoms with Crippen molar-refractivity contribution in [2.24, 2.45) is 0 Å². The van der Waals surface area contributed by atoms with Gasteiger partial charge in [-0.05, 0) is 18.6 Å². The molecule has 2 heterocycles. The highest BCUT2D eigenvalue weighted by atomic mass is 32.1. The van der Waals surface area contributed by atoms with Gasteiger partial charge in [-0.25, -0.2) is 9.78 Å². The minimum Gasteiger partial charge on any atom is -0.480 e. The summed E-state index contributed by atoms with van der Waals surface area (Å²) in [7, 11) is 0. The normalized spacial score (nSPS) is 12.9. The number of nitrogens with zero attached hydrogens (tertiary/aromatic N) is 1. The fraction of sp³-hybridized carbons (Fsp3) is 0.350. The Hall–Kier alpha value is -2.67. The molecule has 142 valence electrons. The van der Waals surface area contributed by atoms with E-state index in [2.05, 4.69) is 15.3 Å². The first-order chi connectivity index (χ1) is 12.7. The Bertz CT molecular complexity index is 997. The van der Waals surface area contributed by atoms with Crippen molar-refractivity contribution in [1.82, 2.24) is 15.3 Å². The number of aliphatic carboxylic acids is 1. The number of benzene rings is 1. The Kier molecular flexibility index (Phi) is 5.06. The molecule has 0 aliphatic rings. The number of carboxylic acid groups (broad SMARTS) is 1. The first kappa shape index (κ1) is 19.1. The number of nitrogens with one attached hydrogen (secondary N) is 2. The topological polar surface area (TPSA) is 95.1 Å². The van der Waals surface area contributed by atoms with Gasteiger partial charge in [-0.3, -0.25) is 4.79 Å². The number of amides is 1. The van der Waals surface area contributed by atoms with Crippen LogP contribution < -0.4 is 5.32 Å². The van der Waals surface area contributed by atoms with E-state index in [9.17, 15) is 14.7 Å². The van der Waals surface area contributed by atoms with E-state index in [4.69, 9.17) is 0 Å². The molecule has 3 rings (SSSR count). The lowest BCUT2D eigenvalue weighted by Crippen LogP contribution is -2.42. The summed E-state index contributed by atoms with van der Waals surface area (Å²) in [5.41, 5.74) is 2.26. The fourth-order valence-corrected chi connectivity index (χ4v) is 3.90. The summed E-state index contributed by atoms with van der Waals surface area (Å²) in [4.78, 5) is 32.5. The molecule has 1 aromatic carbocycles. The molecule has 0 saturated carbocycles. The largest absolute Gasteiger partial charge is 0.480 e. The maximum Gasteiger partial charge on any atom is 0.326 e. The Morgan fingerprint density at radius 2 is 2.00 bits per heavy atom. The first-order valence-electron chi connectivity index (χ1n) is 8.73. The second kappa shape index (κ2) is 7.15. The van der Waals surface area contributed by atoms with Crippen LogP contribution in [0, 0.1) is 6.92 Å². The van der Waals surface area contributed by atoms with Crippen LogP contribution >= 0.6 is 11.3 Å². The van der Waals surface area contributed by atoms with Crippen LogP contribution in [-0.2, 0) is 16.6 Å². The third kappa shape index (κ3) is 4.03. The number of para-hydroxylation sites is 1. The monoisotopic (exact) mass is 385 g/mol. The molecule has 0 spiro atoms. The van der Waals surface area contributed by atoms with E-state index in [0.717, 1.165) is 21.5 Å². The van der Waals surface area contributed by atoms with Gasteiger partial charge >= 0.3 is 5.97 Å². The summed E-state index contributed by atoms with van der Waals surface area (Å²) in [6, 6.07) is 6.67. The zero-order valence-corrected chi connectivity index (χ0v) is 16.6. The van der Waals surface area contributed by atoms with E-state index in [1.807, 2.05) is 45.0 Å². The van der Waals surface area contributed by atoms with Crippen molar-refractivity contribution in [2.45, 2.75) is 45.6 Å². The number of aromatic nitrogens is 2. The van der Waals surface area contributed by atoms with Crippen LogP contribution in [0.1, 0.15) is 46.7 Å². The molecule has 0 aliphatic heterocycles.